The molecule has 2 aliphatic rings. The van der Waals surface area contributed by atoms with E-state index in [2.05, 4.69) is 29.3 Å². The molecule has 0 bridgehead atoms. The van der Waals surface area contributed by atoms with Crippen LogP contribution in [0.5, 0.6) is 0 Å². The van der Waals surface area contributed by atoms with Crippen LogP contribution in [0.3, 0.4) is 0 Å². The Kier molecular flexibility index (Phi) is 3.59. The SMILES string of the molecule is CC(=O)c1cc(CN2C[C@H]3CC=C(C)C[C@H]3C2)cs1. The average Bonchev–Trinajstić information content (AvgIpc) is 2.95. The van der Waals surface area contributed by atoms with E-state index < -0.39 is 0 Å². The molecule has 0 saturated carbocycles. The van der Waals surface area contributed by atoms with Gasteiger partial charge in [-0.05, 0) is 55.5 Å². The Labute approximate surface area is 119 Å². The Morgan fingerprint density at radius 1 is 1.42 bits per heavy atom. The van der Waals surface area contributed by atoms with Crippen molar-refractivity contribution < 1.29 is 4.79 Å². The van der Waals surface area contributed by atoms with E-state index in [4.69, 9.17) is 0 Å². The van der Waals surface area contributed by atoms with Gasteiger partial charge in [-0.25, -0.2) is 0 Å². The first-order valence-electron chi connectivity index (χ1n) is 7.08. The summed E-state index contributed by atoms with van der Waals surface area (Å²) in [5, 5.41) is 2.14. The molecule has 0 N–H and O–H groups in total. The highest BCUT2D eigenvalue weighted by molar-refractivity contribution is 7.12. The largest absolute Gasteiger partial charge is 0.298 e. The number of ketones is 1. The molecule has 102 valence electrons. The van der Waals surface area contributed by atoms with Gasteiger partial charge in [0.25, 0.3) is 0 Å². The molecule has 0 spiro atoms. The van der Waals surface area contributed by atoms with Crippen molar-refractivity contribution in [1.29, 1.82) is 0 Å². The minimum Gasteiger partial charge on any atom is -0.298 e. The van der Waals surface area contributed by atoms with Crippen molar-refractivity contribution in [2.75, 3.05) is 13.1 Å². The predicted molar refractivity (Wildman–Crippen MR) is 79.6 cm³/mol. The van der Waals surface area contributed by atoms with Crippen LogP contribution in [0.2, 0.25) is 0 Å². The van der Waals surface area contributed by atoms with Gasteiger partial charge in [0.2, 0.25) is 0 Å². The van der Waals surface area contributed by atoms with Crippen LogP contribution in [-0.2, 0) is 6.54 Å². The number of allylic oxidation sites excluding steroid dienone is 2. The zero-order valence-electron chi connectivity index (χ0n) is 11.7. The number of rotatable bonds is 3. The van der Waals surface area contributed by atoms with Crippen molar-refractivity contribution in [2.24, 2.45) is 11.8 Å². The van der Waals surface area contributed by atoms with E-state index in [1.54, 1.807) is 23.8 Å². The molecule has 2 atom stereocenters. The predicted octanol–water partition coefficient (Wildman–Crippen LogP) is 3.74. The highest BCUT2D eigenvalue weighted by atomic mass is 32.1. The van der Waals surface area contributed by atoms with E-state index in [1.165, 1.54) is 31.5 Å². The second kappa shape index (κ2) is 5.22. The molecule has 0 radical (unpaired) electrons. The third-order valence-electron chi connectivity index (χ3n) is 4.41. The van der Waals surface area contributed by atoms with Crippen LogP contribution in [0.25, 0.3) is 0 Å². The fourth-order valence-corrected chi connectivity index (χ4v) is 4.22. The third-order valence-corrected chi connectivity index (χ3v) is 5.49. The molecule has 2 heterocycles. The van der Waals surface area contributed by atoms with E-state index in [9.17, 15) is 4.79 Å². The number of hydrogen-bond acceptors (Lipinski definition) is 3. The van der Waals surface area contributed by atoms with Gasteiger partial charge in [-0.1, -0.05) is 11.6 Å². The standard InChI is InChI=1S/C16H21NOS/c1-11-3-4-14-8-17(9-15(14)5-11)7-13-6-16(12(2)18)19-10-13/h3,6,10,14-15H,4-5,7-9H2,1-2H3/t14-,15+/m1/s1. The average molecular weight is 275 g/mol. The molecule has 1 aromatic heterocycles. The summed E-state index contributed by atoms with van der Waals surface area (Å²) < 4.78 is 0. The lowest BCUT2D eigenvalue weighted by molar-refractivity contribution is 0.102. The van der Waals surface area contributed by atoms with Gasteiger partial charge >= 0.3 is 0 Å². The van der Waals surface area contributed by atoms with E-state index >= 15 is 0 Å². The Bertz CT molecular complexity index is 517. The number of fused-ring (bicyclic) bond motifs is 1. The van der Waals surface area contributed by atoms with E-state index in [-0.39, 0.29) is 5.78 Å². The van der Waals surface area contributed by atoms with Crippen molar-refractivity contribution in [3.63, 3.8) is 0 Å². The van der Waals surface area contributed by atoms with Crippen LogP contribution in [0.1, 0.15) is 41.9 Å². The lowest BCUT2D eigenvalue weighted by Gasteiger charge is -2.22. The maximum Gasteiger partial charge on any atom is 0.169 e. The smallest absolute Gasteiger partial charge is 0.169 e. The molecule has 19 heavy (non-hydrogen) atoms. The Morgan fingerprint density at radius 3 is 2.95 bits per heavy atom. The topological polar surface area (TPSA) is 20.3 Å². The second-order valence-corrected chi connectivity index (χ2v) is 6.99. The van der Waals surface area contributed by atoms with Crippen LogP contribution in [0, 0.1) is 11.8 Å². The highest BCUT2D eigenvalue weighted by Crippen LogP contribution is 2.36. The second-order valence-electron chi connectivity index (χ2n) is 6.08. The Hall–Kier alpha value is -0.930. The van der Waals surface area contributed by atoms with Gasteiger partial charge in [0, 0.05) is 19.6 Å². The van der Waals surface area contributed by atoms with E-state index in [0.29, 0.717) is 0 Å². The quantitative estimate of drug-likeness (QED) is 0.618. The first-order chi connectivity index (χ1) is 9.11. The summed E-state index contributed by atoms with van der Waals surface area (Å²) in [6.45, 7) is 7.36. The van der Waals surface area contributed by atoms with Gasteiger partial charge in [0.15, 0.2) is 5.78 Å². The molecule has 2 nitrogen and oxygen atoms in total. The molecule has 1 fully saturated rings. The van der Waals surface area contributed by atoms with Crippen LogP contribution in [0.4, 0.5) is 0 Å². The van der Waals surface area contributed by atoms with Crippen LogP contribution < -0.4 is 0 Å². The molecule has 0 aromatic carbocycles. The number of carbonyl (C=O) groups is 1. The molecule has 0 amide bonds. The lowest BCUT2D eigenvalue weighted by Crippen LogP contribution is -2.19. The zero-order valence-corrected chi connectivity index (χ0v) is 12.5. The fourth-order valence-electron chi connectivity index (χ4n) is 3.41. The minimum absolute atomic E-state index is 0.186. The number of Topliss-reactive ketones (excluding diaryl/α,β-unsaturated/α-hetero) is 1. The minimum atomic E-state index is 0.186. The van der Waals surface area contributed by atoms with Crippen LogP contribution in [-0.4, -0.2) is 23.8 Å². The maximum absolute atomic E-state index is 11.3. The summed E-state index contributed by atoms with van der Waals surface area (Å²) in [6, 6.07) is 2.07. The summed E-state index contributed by atoms with van der Waals surface area (Å²) in [7, 11) is 0. The molecule has 1 aromatic rings. The van der Waals surface area contributed by atoms with E-state index in [1.807, 2.05) is 0 Å². The molecule has 0 unspecified atom stereocenters. The van der Waals surface area contributed by atoms with Gasteiger partial charge in [-0.3, -0.25) is 9.69 Å². The van der Waals surface area contributed by atoms with Gasteiger partial charge < -0.3 is 0 Å². The van der Waals surface area contributed by atoms with Gasteiger partial charge in [-0.15, -0.1) is 11.3 Å². The molecule has 3 rings (SSSR count). The lowest BCUT2D eigenvalue weighted by atomic mass is 9.83. The summed E-state index contributed by atoms with van der Waals surface area (Å²) in [5.41, 5.74) is 2.87. The molecule has 1 aliphatic carbocycles. The zero-order chi connectivity index (χ0) is 13.4. The van der Waals surface area contributed by atoms with Crippen molar-refractivity contribution in [3.8, 4) is 0 Å². The maximum atomic E-state index is 11.3. The summed E-state index contributed by atoms with van der Waals surface area (Å²) in [6.07, 6.45) is 4.96. The highest BCUT2D eigenvalue weighted by Gasteiger charge is 2.33. The van der Waals surface area contributed by atoms with Crippen LogP contribution >= 0.6 is 11.3 Å². The first-order valence-corrected chi connectivity index (χ1v) is 7.96. The van der Waals surface area contributed by atoms with Gasteiger partial charge in [0.05, 0.1) is 4.88 Å². The molecule has 1 aliphatic heterocycles. The summed E-state index contributed by atoms with van der Waals surface area (Å²) in [4.78, 5) is 14.8. The van der Waals surface area contributed by atoms with Gasteiger partial charge in [-0.2, -0.15) is 0 Å². The van der Waals surface area contributed by atoms with Crippen LogP contribution in [0.15, 0.2) is 23.1 Å². The molecular formula is C16H21NOS. The number of thiophene rings is 1. The summed E-state index contributed by atoms with van der Waals surface area (Å²) in [5.74, 6) is 1.90. The molecular weight excluding hydrogens is 254 g/mol. The number of carbonyl (C=O) groups excluding carboxylic acids is 1. The van der Waals surface area contributed by atoms with Crippen molar-refractivity contribution in [2.45, 2.75) is 33.2 Å². The van der Waals surface area contributed by atoms with E-state index in [0.717, 1.165) is 23.3 Å². The normalized spacial score (nSPS) is 27.2. The Morgan fingerprint density at radius 2 is 2.21 bits per heavy atom. The molecule has 3 heteroatoms. The summed E-state index contributed by atoms with van der Waals surface area (Å²) >= 11 is 1.58. The molecule has 1 saturated heterocycles. The first kappa shape index (κ1) is 13.1. The fraction of sp³-hybridized carbons (Fsp3) is 0.562. The Balaban J connectivity index is 1.61. The van der Waals surface area contributed by atoms with Crippen molar-refractivity contribution in [1.82, 2.24) is 4.90 Å². The third kappa shape index (κ3) is 2.82. The number of likely N-dealkylation sites (tertiary alicyclic amines) is 1. The van der Waals surface area contributed by atoms with Crippen molar-refractivity contribution in [3.05, 3.63) is 33.5 Å². The van der Waals surface area contributed by atoms with Gasteiger partial charge in [0.1, 0.15) is 0 Å². The number of hydrogen-bond donors (Lipinski definition) is 0. The monoisotopic (exact) mass is 275 g/mol. The van der Waals surface area contributed by atoms with Crippen molar-refractivity contribution >= 4 is 17.1 Å². The number of nitrogens with zero attached hydrogens (tertiary/aromatic N) is 1.